The molecule has 0 aliphatic rings. The predicted octanol–water partition coefficient (Wildman–Crippen LogP) is 3.80. The van der Waals surface area contributed by atoms with Crippen LogP contribution in [-0.2, 0) is 4.79 Å². The van der Waals surface area contributed by atoms with E-state index >= 15 is 0 Å². The maximum atomic E-state index is 11.9. The van der Waals surface area contributed by atoms with E-state index < -0.39 is 0 Å². The van der Waals surface area contributed by atoms with Gasteiger partial charge in [0, 0.05) is 18.5 Å². The van der Waals surface area contributed by atoms with Gasteiger partial charge in [0.15, 0.2) is 0 Å². The van der Waals surface area contributed by atoms with Crippen LogP contribution in [0.2, 0.25) is 0 Å². The van der Waals surface area contributed by atoms with Crippen LogP contribution in [0.15, 0.2) is 30.3 Å². The van der Waals surface area contributed by atoms with Gasteiger partial charge < -0.3 is 11.1 Å². The summed E-state index contributed by atoms with van der Waals surface area (Å²) in [5.41, 5.74) is 7.20. The molecular formula is C18H30N2O. The summed E-state index contributed by atoms with van der Waals surface area (Å²) >= 11 is 0. The van der Waals surface area contributed by atoms with E-state index in [4.69, 9.17) is 5.73 Å². The number of carbonyl (C=O) groups is 1. The maximum absolute atomic E-state index is 11.9. The first kappa shape index (κ1) is 17.7. The summed E-state index contributed by atoms with van der Waals surface area (Å²) in [7, 11) is 0. The van der Waals surface area contributed by atoms with Crippen LogP contribution in [0.4, 0.5) is 0 Å². The molecule has 3 nitrogen and oxygen atoms in total. The molecule has 2 atom stereocenters. The molecule has 118 valence electrons. The first-order chi connectivity index (χ1) is 9.99. The van der Waals surface area contributed by atoms with E-state index in [1.165, 1.54) is 12.8 Å². The average Bonchev–Trinajstić information content (AvgIpc) is 2.45. The van der Waals surface area contributed by atoms with Gasteiger partial charge in [-0.25, -0.2) is 0 Å². The molecule has 0 bridgehead atoms. The third-order valence-electron chi connectivity index (χ3n) is 3.74. The normalized spacial score (nSPS) is 14.0. The first-order valence-electron chi connectivity index (χ1n) is 8.09. The van der Waals surface area contributed by atoms with Crippen LogP contribution in [0.5, 0.6) is 0 Å². The van der Waals surface area contributed by atoms with Crippen LogP contribution < -0.4 is 11.1 Å². The van der Waals surface area contributed by atoms with Crippen LogP contribution in [0.25, 0.3) is 0 Å². The first-order valence-corrected chi connectivity index (χ1v) is 8.09. The maximum Gasteiger partial charge on any atom is 0.220 e. The van der Waals surface area contributed by atoms with Crippen molar-refractivity contribution >= 4 is 5.91 Å². The molecule has 1 aromatic rings. The Kier molecular flexibility index (Phi) is 8.06. The fraction of sp³-hybridized carbons (Fsp3) is 0.611. The van der Waals surface area contributed by atoms with Gasteiger partial charge >= 0.3 is 0 Å². The topological polar surface area (TPSA) is 55.1 Å². The van der Waals surface area contributed by atoms with Crippen molar-refractivity contribution in [3.8, 4) is 0 Å². The minimum absolute atomic E-state index is 0.0619. The van der Waals surface area contributed by atoms with Gasteiger partial charge in [0.05, 0.1) is 0 Å². The lowest BCUT2D eigenvalue weighted by molar-refractivity contribution is -0.121. The van der Waals surface area contributed by atoms with Crippen molar-refractivity contribution < 1.29 is 4.79 Å². The molecule has 0 aliphatic carbocycles. The van der Waals surface area contributed by atoms with Gasteiger partial charge in [0.1, 0.15) is 0 Å². The highest BCUT2D eigenvalue weighted by Crippen LogP contribution is 2.15. The number of rotatable bonds is 9. The molecule has 0 spiro atoms. The molecular weight excluding hydrogens is 260 g/mol. The Morgan fingerprint density at radius 2 is 1.76 bits per heavy atom. The van der Waals surface area contributed by atoms with Crippen molar-refractivity contribution in [1.82, 2.24) is 5.32 Å². The molecule has 0 radical (unpaired) electrons. The Morgan fingerprint density at radius 3 is 2.38 bits per heavy atom. The summed E-state index contributed by atoms with van der Waals surface area (Å²) in [5.74, 6) is 0.843. The van der Waals surface area contributed by atoms with Crippen LogP contribution >= 0.6 is 0 Å². The molecule has 3 heteroatoms. The Bertz CT molecular complexity index is 403. The minimum atomic E-state index is -0.0619. The van der Waals surface area contributed by atoms with Gasteiger partial charge in [0.2, 0.25) is 5.91 Å². The monoisotopic (exact) mass is 290 g/mol. The molecule has 0 saturated heterocycles. The average molecular weight is 290 g/mol. The SMILES string of the molecule is CC(C)CCCC(C)NC(=O)CCC(N)c1ccccc1. The van der Waals surface area contributed by atoms with Gasteiger partial charge in [-0.3, -0.25) is 4.79 Å². The zero-order valence-electron chi connectivity index (χ0n) is 13.6. The Morgan fingerprint density at radius 1 is 1.10 bits per heavy atom. The number of carbonyl (C=O) groups excluding carboxylic acids is 1. The largest absolute Gasteiger partial charge is 0.354 e. The molecule has 1 rings (SSSR count). The van der Waals surface area contributed by atoms with Crippen LogP contribution in [0.1, 0.15) is 64.5 Å². The number of benzene rings is 1. The molecule has 3 N–H and O–H groups in total. The smallest absolute Gasteiger partial charge is 0.220 e. The second-order valence-electron chi connectivity index (χ2n) is 6.35. The number of nitrogens with one attached hydrogen (secondary N) is 1. The second-order valence-corrected chi connectivity index (χ2v) is 6.35. The summed E-state index contributed by atoms with van der Waals surface area (Å²) in [6, 6.07) is 10.1. The summed E-state index contributed by atoms with van der Waals surface area (Å²) in [5, 5.41) is 3.07. The molecule has 0 saturated carbocycles. The molecule has 1 aromatic carbocycles. The fourth-order valence-electron chi connectivity index (χ4n) is 2.40. The summed E-state index contributed by atoms with van der Waals surface area (Å²) in [6.07, 6.45) is 4.62. The Balaban J connectivity index is 2.21. The van der Waals surface area contributed by atoms with Crippen LogP contribution in [-0.4, -0.2) is 11.9 Å². The van der Waals surface area contributed by atoms with Crippen molar-refractivity contribution in [2.45, 2.75) is 65.0 Å². The highest BCUT2D eigenvalue weighted by atomic mass is 16.1. The van der Waals surface area contributed by atoms with E-state index in [1.807, 2.05) is 30.3 Å². The second kappa shape index (κ2) is 9.56. The minimum Gasteiger partial charge on any atom is -0.354 e. The standard InChI is InChI=1S/C18H30N2O/c1-14(2)8-7-9-15(3)20-18(21)13-12-17(19)16-10-5-4-6-11-16/h4-6,10-11,14-15,17H,7-9,12-13,19H2,1-3H3,(H,20,21). The lowest BCUT2D eigenvalue weighted by atomic mass is 10.0. The fourth-order valence-corrected chi connectivity index (χ4v) is 2.40. The molecule has 0 aliphatic heterocycles. The summed E-state index contributed by atoms with van der Waals surface area (Å²) in [4.78, 5) is 11.9. The number of hydrogen-bond acceptors (Lipinski definition) is 2. The Labute approximate surface area is 129 Å². The summed E-state index contributed by atoms with van der Waals surface area (Å²) in [6.45, 7) is 6.54. The lowest BCUT2D eigenvalue weighted by Crippen LogP contribution is -2.32. The van der Waals surface area contributed by atoms with Crippen molar-refractivity contribution in [3.05, 3.63) is 35.9 Å². The van der Waals surface area contributed by atoms with Gasteiger partial charge in [-0.05, 0) is 31.2 Å². The van der Waals surface area contributed by atoms with Crippen LogP contribution in [0, 0.1) is 5.92 Å². The molecule has 2 unspecified atom stereocenters. The third kappa shape index (κ3) is 7.86. The van der Waals surface area contributed by atoms with E-state index in [2.05, 4.69) is 26.1 Å². The molecule has 0 fully saturated rings. The number of nitrogens with two attached hydrogens (primary N) is 1. The van der Waals surface area contributed by atoms with E-state index in [0.29, 0.717) is 12.8 Å². The van der Waals surface area contributed by atoms with Gasteiger partial charge in [0.25, 0.3) is 0 Å². The molecule has 0 aromatic heterocycles. The quantitative estimate of drug-likeness (QED) is 0.727. The predicted molar refractivity (Wildman–Crippen MR) is 88.9 cm³/mol. The summed E-state index contributed by atoms with van der Waals surface area (Å²) < 4.78 is 0. The van der Waals surface area contributed by atoms with Crippen LogP contribution in [0.3, 0.4) is 0 Å². The Hall–Kier alpha value is -1.35. The molecule has 0 heterocycles. The number of hydrogen-bond donors (Lipinski definition) is 2. The zero-order valence-corrected chi connectivity index (χ0v) is 13.6. The highest BCUT2D eigenvalue weighted by Gasteiger charge is 2.11. The van der Waals surface area contributed by atoms with E-state index in [0.717, 1.165) is 17.9 Å². The van der Waals surface area contributed by atoms with Gasteiger partial charge in [-0.15, -0.1) is 0 Å². The van der Waals surface area contributed by atoms with Crippen molar-refractivity contribution in [2.24, 2.45) is 11.7 Å². The number of amides is 1. The molecule has 21 heavy (non-hydrogen) atoms. The van der Waals surface area contributed by atoms with Gasteiger partial charge in [-0.1, -0.05) is 57.0 Å². The zero-order chi connectivity index (χ0) is 15.7. The van der Waals surface area contributed by atoms with E-state index in [1.54, 1.807) is 0 Å². The van der Waals surface area contributed by atoms with E-state index in [-0.39, 0.29) is 18.0 Å². The van der Waals surface area contributed by atoms with Crippen molar-refractivity contribution in [2.75, 3.05) is 0 Å². The van der Waals surface area contributed by atoms with Crippen molar-refractivity contribution in [1.29, 1.82) is 0 Å². The lowest BCUT2D eigenvalue weighted by Gasteiger charge is -2.16. The molecule has 1 amide bonds. The van der Waals surface area contributed by atoms with E-state index in [9.17, 15) is 4.79 Å². The third-order valence-corrected chi connectivity index (χ3v) is 3.74. The van der Waals surface area contributed by atoms with Gasteiger partial charge in [-0.2, -0.15) is 0 Å². The van der Waals surface area contributed by atoms with Crippen molar-refractivity contribution in [3.63, 3.8) is 0 Å². The highest BCUT2D eigenvalue weighted by molar-refractivity contribution is 5.76.